The molecule has 0 bridgehead atoms. The molecule has 2 aliphatic rings. The Morgan fingerprint density at radius 1 is 1.11 bits per heavy atom. The molecule has 1 amide bonds. The maximum absolute atomic E-state index is 12.2. The Hall–Kier alpha value is -2.50. The summed E-state index contributed by atoms with van der Waals surface area (Å²) < 4.78 is 10.9. The van der Waals surface area contributed by atoms with Gasteiger partial charge in [0.15, 0.2) is 11.5 Å². The Morgan fingerprint density at radius 3 is 2.71 bits per heavy atom. The van der Waals surface area contributed by atoms with Crippen molar-refractivity contribution in [3.63, 3.8) is 0 Å². The number of pyridine rings is 1. The van der Waals surface area contributed by atoms with Crippen LogP contribution in [0.25, 0.3) is 10.8 Å². The van der Waals surface area contributed by atoms with Gasteiger partial charge < -0.3 is 19.3 Å². The topological polar surface area (TPSA) is 54.9 Å². The van der Waals surface area contributed by atoms with Gasteiger partial charge in [0.1, 0.15) is 5.82 Å². The number of amides is 1. The van der Waals surface area contributed by atoms with Crippen LogP contribution in [0.5, 0.6) is 11.5 Å². The quantitative estimate of drug-likeness (QED) is 0.791. The molecule has 0 saturated carbocycles. The Bertz CT molecular complexity index is 854. The summed E-state index contributed by atoms with van der Waals surface area (Å²) in [5, 5.41) is 2.17. The number of hydrogen-bond donors (Lipinski definition) is 0. The van der Waals surface area contributed by atoms with Gasteiger partial charge in [0.2, 0.25) is 5.91 Å². The van der Waals surface area contributed by atoms with E-state index in [1.54, 1.807) is 14.2 Å². The summed E-state index contributed by atoms with van der Waals surface area (Å²) in [5.74, 6) is 3.26. The third-order valence-corrected chi connectivity index (χ3v) is 5.97. The number of anilines is 1. The van der Waals surface area contributed by atoms with E-state index in [9.17, 15) is 4.79 Å². The summed E-state index contributed by atoms with van der Waals surface area (Å²) in [5.41, 5.74) is 0. The highest BCUT2D eigenvalue weighted by Crippen LogP contribution is 2.36. The van der Waals surface area contributed by atoms with Crippen molar-refractivity contribution in [3.8, 4) is 11.5 Å². The largest absolute Gasteiger partial charge is 0.493 e. The second kappa shape index (κ2) is 8.25. The van der Waals surface area contributed by atoms with E-state index in [4.69, 9.17) is 14.5 Å². The third-order valence-electron chi connectivity index (χ3n) is 5.97. The molecule has 6 nitrogen and oxygen atoms in total. The average Bonchev–Trinajstić information content (AvgIpc) is 2.74. The number of likely N-dealkylation sites (tertiary alicyclic amines) is 1. The third kappa shape index (κ3) is 3.73. The van der Waals surface area contributed by atoms with Crippen molar-refractivity contribution in [2.24, 2.45) is 5.92 Å². The molecular formula is C22H29N3O3. The van der Waals surface area contributed by atoms with Crippen LogP contribution >= 0.6 is 0 Å². The molecule has 1 aromatic carbocycles. The molecule has 1 unspecified atom stereocenters. The lowest BCUT2D eigenvalue weighted by molar-refractivity contribution is -0.133. The molecule has 2 saturated heterocycles. The van der Waals surface area contributed by atoms with Gasteiger partial charge in [-0.25, -0.2) is 4.98 Å². The van der Waals surface area contributed by atoms with Crippen LogP contribution in [0.4, 0.5) is 5.82 Å². The van der Waals surface area contributed by atoms with E-state index in [-0.39, 0.29) is 0 Å². The lowest BCUT2D eigenvalue weighted by Gasteiger charge is -2.37. The van der Waals surface area contributed by atoms with E-state index in [1.807, 2.05) is 24.4 Å². The normalized spacial score (nSPS) is 20.5. The molecule has 2 aromatic rings. The van der Waals surface area contributed by atoms with Crippen LogP contribution in [0.1, 0.15) is 32.1 Å². The van der Waals surface area contributed by atoms with Crippen LogP contribution in [-0.2, 0) is 4.79 Å². The number of carbonyl (C=O) groups excluding carboxylic acids is 1. The van der Waals surface area contributed by atoms with Crippen LogP contribution in [-0.4, -0.2) is 56.2 Å². The fourth-order valence-corrected chi connectivity index (χ4v) is 4.51. The van der Waals surface area contributed by atoms with E-state index >= 15 is 0 Å². The number of nitrogens with zero attached hydrogens (tertiary/aromatic N) is 3. The molecule has 1 atom stereocenters. The maximum atomic E-state index is 12.2. The number of hydrogen-bond acceptors (Lipinski definition) is 5. The van der Waals surface area contributed by atoms with Gasteiger partial charge in [0.25, 0.3) is 0 Å². The van der Waals surface area contributed by atoms with Gasteiger partial charge in [0.05, 0.1) is 14.2 Å². The number of piperidine rings is 2. The summed E-state index contributed by atoms with van der Waals surface area (Å²) in [6, 6.07) is 6.04. The average molecular weight is 383 g/mol. The molecular weight excluding hydrogens is 354 g/mol. The van der Waals surface area contributed by atoms with Gasteiger partial charge in [-0.1, -0.05) is 0 Å². The van der Waals surface area contributed by atoms with Crippen LogP contribution in [0.2, 0.25) is 0 Å². The van der Waals surface area contributed by atoms with Crippen molar-refractivity contribution < 1.29 is 14.3 Å². The number of rotatable bonds is 5. The second-order valence-corrected chi connectivity index (χ2v) is 7.81. The molecule has 6 heteroatoms. The Balaban J connectivity index is 1.57. The monoisotopic (exact) mass is 383 g/mol. The molecule has 4 rings (SSSR count). The first-order valence-electron chi connectivity index (χ1n) is 10.2. The minimum Gasteiger partial charge on any atom is -0.493 e. The van der Waals surface area contributed by atoms with Crippen molar-refractivity contribution in [3.05, 3.63) is 24.4 Å². The second-order valence-electron chi connectivity index (χ2n) is 7.81. The van der Waals surface area contributed by atoms with Gasteiger partial charge in [-0.3, -0.25) is 4.79 Å². The molecule has 2 fully saturated rings. The smallest absolute Gasteiger partial charge is 0.222 e. The van der Waals surface area contributed by atoms with Crippen molar-refractivity contribution in [1.82, 2.24) is 9.88 Å². The first kappa shape index (κ1) is 18.8. The summed E-state index contributed by atoms with van der Waals surface area (Å²) in [4.78, 5) is 21.3. The van der Waals surface area contributed by atoms with Gasteiger partial charge in [0, 0.05) is 44.2 Å². The van der Waals surface area contributed by atoms with E-state index in [2.05, 4.69) is 9.80 Å². The fourth-order valence-electron chi connectivity index (χ4n) is 4.51. The van der Waals surface area contributed by atoms with Crippen molar-refractivity contribution in [2.45, 2.75) is 32.1 Å². The molecule has 0 radical (unpaired) electrons. The van der Waals surface area contributed by atoms with E-state index in [0.717, 1.165) is 73.5 Å². The lowest BCUT2D eigenvalue weighted by Crippen LogP contribution is -2.44. The van der Waals surface area contributed by atoms with Crippen LogP contribution in [0, 0.1) is 5.92 Å². The molecule has 0 spiro atoms. The van der Waals surface area contributed by atoms with Crippen molar-refractivity contribution in [2.75, 3.05) is 45.3 Å². The van der Waals surface area contributed by atoms with Crippen molar-refractivity contribution >= 4 is 22.5 Å². The molecule has 28 heavy (non-hydrogen) atoms. The summed E-state index contributed by atoms with van der Waals surface area (Å²) in [7, 11) is 3.31. The maximum Gasteiger partial charge on any atom is 0.222 e. The standard InChI is InChI=1S/C22H29N3O3/c1-27-19-12-17-8-9-23-22(18(17)13-20(19)28-2)25-11-5-6-16(15-25)14-24-10-4-3-7-21(24)26/h8-9,12-13,16H,3-7,10-11,14-15H2,1-2H3. The summed E-state index contributed by atoms with van der Waals surface area (Å²) in [6.07, 6.45) is 7.04. The first-order chi connectivity index (χ1) is 13.7. The highest BCUT2D eigenvalue weighted by molar-refractivity contribution is 5.94. The number of aromatic nitrogens is 1. The van der Waals surface area contributed by atoms with Gasteiger partial charge in [-0.2, -0.15) is 0 Å². The van der Waals surface area contributed by atoms with Gasteiger partial charge in [-0.05, 0) is 55.2 Å². The van der Waals surface area contributed by atoms with Crippen LogP contribution in [0.15, 0.2) is 24.4 Å². The SMILES string of the molecule is COc1cc2ccnc(N3CCCC(CN4CCCCC4=O)C3)c2cc1OC. The highest BCUT2D eigenvalue weighted by atomic mass is 16.5. The zero-order valence-electron chi connectivity index (χ0n) is 16.8. The molecule has 3 heterocycles. The minimum absolute atomic E-state index is 0.323. The zero-order chi connectivity index (χ0) is 19.5. The lowest BCUT2D eigenvalue weighted by atomic mass is 9.96. The molecule has 0 N–H and O–H groups in total. The number of carbonyl (C=O) groups is 1. The number of benzene rings is 1. The fraction of sp³-hybridized carbons (Fsp3) is 0.545. The zero-order valence-corrected chi connectivity index (χ0v) is 16.8. The number of methoxy groups -OCH3 is 2. The van der Waals surface area contributed by atoms with Gasteiger partial charge in [-0.15, -0.1) is 0 Å². The van der Waals surface area contributed by atoms with E-state index < -0.39 is 0 Å². The van der Waals surface area contributed by atoms with E-state index in [1.165, 1.54) is 6.42 Å². The molecule has 1 aromatic heterocycles. The number of fused-ring (bicyclic) bond motifs is 1. The first-order valence-corrected chi connectivity index (χ1v) is 10.2. The summed E-state index contributed by atoms with van der Waals surface area (Å²) >= 11 is 0. The van der Waals surface area contributed by atoms with Gasteiger partial charge >= 0.3 is 0 Å². The minimum atomic E-state index is 0.323. The molecule has 150 valence electrons. The molecule has 0 aliphatic carbocycles. The van der Waals surface area contributed by atoms with Crippen LogP contribution < -0.4 is 14.4 Å². The number of ether oxygens (including phenoxy) is 2. The Labute approximate surface area is 166 Å². The predicted octanol–water partition coefficient (Wildman–Crippen LogP) is 3.48. The Kier molecular flexibility index (Phi) is 5.55. The molecule has 2 aliphatic heterocycles. The van der Waals surface area contributed by atoms with Crippen LogP contribution in [0.3, 0.4) is 0 Å². The predicted molar refractivity (Wildman–Crippen MR) is 110 cm³/mol. The van der Waals surface area contributed by atoms with E-state index in [0.29, 0.717) is 18.2 Å². The summed E-state index contributed by atoms with van der Waals surface area (Å²) in [6.45, 7) is 3.71. The Morgan fingerprint density at radius 2 is 1.93 bits per heavy atom. The highest BCUT2D eigenvalue weighted by Gasteiger charge is 2.27. The van der Waals surface area contributed by atoms with Crippen molar-refractivity contribution in [1.29, 1.82) is 0 Å².